The summed E-state index contributed by atoms with van der Waals surface area (Å²) in [5.74, 6) is 0.637. The summed E-state index contributed by atoms with van der Waals surface area (Å²) >= 11 is 6.94. The van der Waals surface area contributed by atoms with E-state index >= 15 is 0 Å². The van der Waals surface area contributed by atoms with E-state index in [4.69, 9.17) is 11.6 Å². The highest BCUT2D eigenvalue weighted by molar-refractivity contribution is 6.99. The van der Waals surface area contributed by atoms with E-state index in [1.165, 1.54) is 0 Å². The van der Waals surface area contributed by atoms with Gasteiger partial charge in [-0.05, 0) is 6.42 Å². The molecule has 0 saturated heterocycles. The van der Waals surface area contributed by atoms with E-state index < -0.39 is 0 Å². The van der Waals surface area contributed by atoms with Gasteiger partial charge in [-0.15, -0.1) is 0 Å². The van der Waals surface area contributed by atoms with Crippen molar-refractivity contribution in [1.82, 2.24) is 18.5 Å². The van der Waals surface area contributed by atoms with Gasteiger partial charge in [0.15, 0.2) is 11.0 Å². The number of aryl methyl sites for hydroxylation is 2. The third-order valence-corrected chi connectivity index (χ3v) is 3.11. The average molecular weight is 258 g/mol. The molecule has 0 spiro atoms. The van der Waals surface area contributed by atoms with E-state index in [-0.39, 0.29) is 0 Å². The Kier molecular flexibility index (Phi) is 3.40. The summed E-state index contributed by atoms with van der Waals surface area (Å²) < 4.78 is 9.76. The van der Waals surface area contributed by atoms with Crippen LogP contribution in [0.4, 0.5) is 5.82 Å². The van der Waals surface area contributed by atoms with Gasteiger partial charge in [-0.3, -0.25) is 4.68 Å². The molecule has 7 heteroatoms. The Morgan fingerprint density at radius 1 is 1.50 bits per heavy atom. The largest absolute Gasteiger partial charge is 0.362 e. The van der Waals surface area contributed by atoms with Crippen molar-refractivity contribution in [3.8, 4) is 0 Å². The van der Waals surface area contributed by atoms with Gasteiger partial charge in [-0.25, -0.2) is 0 Å². The van der Waals surface area contributed by atoms with Crippen LogP contribution in [0.3, 0.4) is 0 Å². The normalized spacial score (nSPS) is 10.7. The fourth-order valence-corrected chi connectivity index (χ4v) is 2.17. The van der Waals surface area contributed by atoms with Crippen LogP contribution in [0.5, 0.6) is 0 Å². The van der Waals surface area contributed by atoms with Crippen molar-refractivity contribution in [2.45, 2.75) is 19.9 Å². The molecule has 0 aliphatic carbocycles. The molecule has 0 radical (unpaired) electrons. The molecule has 0 aliphatic rings. The maximum atomic E-state index is 5.84. The van der Waals surface area contributed by atoms with E-state index in [0.29, 0.717) is 17.5 Å². The molecule has 2 aromatic heterocycles. The van der Waals surface area contributed by atoms with Crippen LogP contribution in [0.25, 0.3) is 0 Å². The third-order valence-electron chi connectivity index (χ3n) is 2.22. The minimum absolute atomic E-state index is 0.423. The standard InChI is InChI=1S/C9H12ClN5S/c1-3-7-6(5-15(2)12-7)4-11-9-8(10)13-16-14-9/h5H,3-4H2,1-2H3,(H,11,14). The molecule has 5 nitrogen and oxygen atoms in total. The SMILES string of the molecule is CCc1nn(C)cc1CNc1nsnc1Cl. The Balaban J connectivity index is 2.07. The first kappa shape index (κ1) is 11.3. The Labute approximate surface area is 103 Å². The van der Waals surface area contributed by atoms with Gasteiger partial charge in [-0.1, -0.05) is 18.5 Å². The predicted octanol–water partition coefficient (Wildman–Crippen LogP) is 2.10. The molecule has 16 heavy (non-hydrogen) atoms. The Hall–Kier alpha value is -1.14. The maximum absolute atomic E-state index is 5.84. The zero-order chi connectivity index (χ0) is 11.5. The molecule has 1 N–H and O–H groups in total. The number of nitrogens with one attached hydrogen (secondary N) is 1. The van der Waals surface area contributed by atoms with Gasteiger partial charge in [-0.2, -0.15) is 13.8 Å². The van der Waals surface area contributed by atoms with Gasteiger partial charge in [0, 0.05) is 25.4 Å². The summed E-state index contributed by atoms with van der Waals surface area (Å²) in [5.41, 5.74) is 2.25. The lowest BCUT2D eigenvalue weighted by Gasteiger charge is -2.01. The van der Waals surface area contributed by atoms with E-state index in [2.05, 4.69) is 26.1 Å². The van der Waals surface area contributed by atoms with Crippen LogP contribution >= 0.6 is 23.3 Å². The molecular weight excluding hydrogens is 246 g/mol. The number of nitrogens with zero attached hydrogens (tertiary/aromatic N) is 4. The molecule has 2 heterocycles. The number of aromatic nitrogens is 4. The van der Waals surface area contributed by atoms with Crippen molar-refractivity contribution < 1.29 is 0 Å². The smallest absolute Gasteiger partial charge is 0.186 e. The predicted molar refractivity (Wildman–Crippen MR) is 64.8 cm³/mol. The zero-order valence-electron chi connectivity index (χ0n) is 9.07. The van der Waals surface area contributed by atoms with Crippen LogP contribution in [0.2, 0.25) is 5.15 Å². The van der Waals surface area contributed by atoms with Crippen molar-refractivity contribution in [3.63, 3.8) is 0 Å². The highest BCUT2D eigenvalue weighted by Gasteiger charge is 2.08. The quantitative estimate of drug-likeness (QED) is 0.911. The first-order valence-corrected chi connectivity index (χ1v) is 6.05. The first-order chi connectivity index (χ1) is 7.70. The Morgan fingerprint density at radius 3 is 2.94 bits per heavy atom. The second-order valence-corrected chi connectivity index (χ2v) is 4.27. The Morgan fingerprint density at radius 2 is 2.31 bits per heavy atom. The summed E-state index contributed by atoms with van der Waals surface area (Å²) in [7, 11) is 1.92. The van der Waals surface area contributed by atoms with Crippen molar-refractivity contribution in [1.29, 1.82) is 0 Å². The topological polar surface area (TPSA) is 55.6 Å². The summed E-state index contributed by atoms with van der Waals surface area (Å²) in [5, 5.41) is 7.93. The monoisotopic (exact) mass is 257 g/mol. The van der Waals surface area contributed by atoms with Gasteiger partial charge in [0.25, 0.3) is 0 Å². The zero-order valence-corrected chi connectivity index (χ0v) is 10.6. The van der Waals surface area contributed by atoms with Crippen LogP contribution in [0.1, 0.15) is 18.2 Å². The van der Waals surface area contributed by atoms with Crippen LogP contribution in [0.15, 0.2) is 6.20 Å². The van der Waals surface area contributed by atoms with Crippen molar-refractivity contribution >= 4 is 29.1 Å². The van der Waals surface area contributed by atoms with Gasteiger partial charge in [0.1, 0.15) is 0 Å². The second-order valence-electron chi connectivity index (χ2n) is 3.39. The van der Waals surface area contributed by atoms with E-state index in [1.807, 2.05) is 17.9 Å². The third kappa shape index (κ3) is 2.33. The van der Waals surface area contributed by atoms with Crippen molar-refractivity contribution in [3.05, 3.63) is 22.6 Å². The summed E-state index contributed by atoms with van der Waals surface area (Å²) in [6.07, 6.45) is 2.92. The Bertz CT molecular complexity index is 478. The first-order valence-electron chi connectivity index (χ1n) is 4.94. The summed E-state index contributed by atoms with van der Waals surface area (Å²) in [6.45, 7) is 2.76. The van der Waals surface area contributed by atoms with Crippen LogP contribution in [-0.4, -0.2) is 18.5 Å². The molecule has 2 rings (SSSR count). The van der Waals surface area contributed by atoms with Gasteiger partial charge in [0.05, 0.1) is 17.4 Å². The fourth-order valence-electron chi connectivity index (χ4n) is 1.49. The lowest BCUT2D eigenvalue weighted by molar-refractivity contribution is 0.746. The lowest BCUT2D eigenvalue weighted by atomic mass is 10.2. The lowest BCUT2D eigenvalue weighted by Crippen LogP contribution is -2.01. The average Bonchev–Trinajstić information content (AvgIpc) is 2.81. The highest BCUT2D eigenvalue weighted by Crippen LogP contribution is 2.19. The summed E-state index contributed by atoms with van der Waals surface area (Å²) in [4.78, 5) is 0. The van der Waals surface area contributed by atoms with Gasteiger partial charge in [0.2, 0.25) is 0 Å². The molecule has 0 atom stereocenters. The number of rotatable bonds is 4. The van der Waals surface area contributed by atoms with Crippen LogP contribution in [0, 0.1) is 0 Å². The molecule has 0 saturated carbocycles. The molecule has 0 bridgehead atoms. The van der Waals surface area contributed by atoms with Crippen LogP contribution < -0.4 is 5.32 Å². The molecule has 0 unspecified atom stereocenters. The van der Waals surface area contributed by atoms with E-state index in [1.54, 1.807) is 0 Å². The highest BCUT2D eigenvalue weighted by atomic mass is 35.5. The minimum Gasteiger partial charge on any atom is -0.362 e. The van der Waals surface area contributed by atoms with Crippen molar-refractivity contribution in [2.24, 2.45) is 7.05 Å². The molecule has 0 amide bonds. The number of hydrogen-bond acceptors (Lipinski definition) is 5. The van der Waals surface area contributed by atoms with Gasteiger partial charge >= 0.3 is 0 Å². The minimum atomic E-state index is 0.423. The van der Waals surface area contributed by atoms with E-state index in [9.17, 15) is 0 Å². The maximum Gasteiger partial charge on any atom is 0.186 e. The van der Waals surface area contributed by atoms with E-state index in [0.717, 1.165) is 29.4 Å². The van der Waals surface area contributed by atoms with Crippen molar-refractivity contribution in [2.75, 3.05) is 5.32 Å². The second kappa shape index (κ2) is 4.80. The number of anilines is 1. The summed E-state index contributed by atoms with van der Waals surface area (Å²) in [6, 6.07) is 0. The molecule has 0 fully saturated rings. The fraction of sp³-hybridized carbons (Fsp3) is 0.444. The molecule has 0 aliphatic heterocycles. The number of halogens is 1. The molecule has 0 aromatic carbocycles. The molecule has 2 aromatic rings. The molecular formula is C9H12ClN5S. The van der Waals surface area contributed by atoms with Crippen LogP contribution in [-0.2, 0) is 20.0 Å². The number of hydrogen-bond donors (Lipinski definition) is 1. The molecule has 86 valence electrons. The van der Waals surface area contributed by atoms with Gasteiger partial charge < -0.3 is 5.32 Å².